The lowest BCUT2D eigenvalue weighted by atomic mass is 9.96. The number of hydrogen-bond acceptors (Lipinski definition) is 4. The molecule has 9 aromatic carbocycles. The molecule has 64 heavy (non-hydrogen) atoms. The van der Waals surface area contributed by atoms with Crippen LogP contribution in [-0.4, -0.2) is 28.7 Å². The van der Waals surface area contributed by atoms with Crippen LogP contribution >= 0.6 is 11.3 Å². The molecule has 0 saturated heterocycles. The van der Waals surface area contributed by atoms with Crippen LogP contribution in [0.1, 0.15) is 0 Å². The van der Waals surface area contributed by atoms with Gasteiger partial charge < -0.3 is 4.57 Å². The van der Waals surface area contributed by atoms with Crippen LogP contribution in [0, 0.1) is 0 Å². The van der Waals surface area contributed by atoms with E-state index in [4.69, 9.17) is 15.0 Å². The predicted octanol–water partition coefficient (Wildman–Crippen LogP) is 14.9. The minimum atomic E-state index is 0.543. The maximum atomic E-state index is 5.65. The van der Waals surface area contributed by atoms with Crippen molar-refractivity contribution in [1.29, 1.82) is 0 Å². The summed E-state index contributed by atoms with van der Waals surface area (Å²) in [7, 11) is 0. The van der Waals surface area contributed by atoms with E-state index in [0.29, 0.717) is 17.7 Å². The molecule has 0 radical (unpaired) electrons. The van der Waals surface area contributed by atoms with E-state index in [-0.39, 0.29) is 0 Å². The molecule has 6 nitrogen and oxygen atoms in total. The zero-order valence-electron chi connectivity index (χ0n) is 34.2. The van der Waals surface area contributed by atoms with E-state index in [0.717, 1.165) is 77.0 Å². The normalized spacial score (nSPS) is 12.1. The molecule has 0 atom stereocenters. The monoisotopic (exact) mass is 834 g/mol. The topological polar surface area (TPSA) is 53.5 Å². The van der Waals surface area contributed by atoms with E-state index in [2.05, 4.69) is 220 Å². The number of aromatic nitrogens is 6. The first-order valence-electron chi connectivity index (χ1n) is 21.5. The number of rotatable bonds is 5. The Morgan fingerprint density at radius 3 is 1.20 bits per heavy atom. The molecule has 0 saturated carbocycles. The third-order valence-corrected chi connectivity index (χ3v) is 14.1. The van der Waals surface area contributed by atoms with Crippen molar-refractivity contribution in [3.63, 3.8) is 0 Å². The van der Waals surface area contributed by atoms with Gasteiger partial charge in [0.15, 0.2) is 5.82 Å². The molecule has 14 rings (SSSR count). The zero-order valence-corrected chi connectivity index (χ0v) is 35.0. The Hall–Kier alpha value is -8.39. The van der Waals surface area contributed by atoms with Gasteiger partial charge in [0.2, 0.25) is 11.9 Å². The van der Waals surface area contributed by atoms with Gasteiger partial charge in [0, 0.05) is 52.5 Å². The molecule has 0 aliphatic rings. The highest BCUT2D eigenvalue weighted by Crippen LogP contribution is 2.44. The van der Waals surface area contributed by atoms with Crippen LogP contribution in [0.2, 0.25) is 0 Å². The van der Waals surface area contributed by atoms with Crippen molar-refractivity contribution in [3.8, 4) is 40.1 Å². The molecule has 7 heteroatoms. The van der Waals surface area contributed by atoms with Crippen molar-refractivity contribution in [2.24, 2.45) is 0 Å². The van der Waals surface area contributed by atoms with Crippen molar-refractivity contribution in [3.05, 3.63) is 206 Å². The Morgan fingerprint density at radius 1 is 0.312 bits per heavy atom. The van der Waals surface area contributed by atoms with E-state index in [1.807, 2.05) is 11.3 Å². The molecule has 0 amide bonds. The number of nitrogens with zero attached hydrogens (tertiary/aromatic N) is 6. The number of para-hydroxylation sites is 6. The Labute approximate surface area is 370 Å². The van der Waals surface area contributed by atoms with Gasteiger partial charge >= 0.3 is 0 Å². The van der Waals surface area contributed by atoms with Crippen LogP contribution in [0.25, 0.3) is 126 Å². The highest BCUT2D eigenvalue weighted by Gasteiger charge is 2.25. The smallest absolute Gasteiger partial charge is 0.240 e. The van der Waals surface area contributed by atoms with Gasteiger partial charge in [-0.15, -0.1) is 11.3 Å². The van der Waals surface area contributed by atoms with E-state index >= 15 is 0 Å². The number of benzene rings is 9. The summed E-state index contributed by atoms with van der Waals surface area (Å²) in [6, 6.07) is 73.7. The molecule has 0 aliphatic carbocycles. The molecule has 0 fully saturated rings. The summed E-state index contributed by atoms with van der Waals surface area (Å²) in [6.45, 7) is 0. The van der Waals surface area contributed by atoms with Gasteiger partial charge in [-0.1, -0.05) is 146 Å². The lowest BCUT2D eigenvalue weighted by Crippen LogP contribution is -2.11. The van der Waals surface area contributed by atoms with Crippen molar-refractivity contribution >= 4 is 96.9 Å². The van der Waals surface area contributed by atoms with Crippen LogP contribution in [0.4, 0.5) is 0 Å². The van der Waals surface area contributed by atoms with Gasteiger partial charge in [-0.25, -0.2) is 0 Å². The van der Waals surface area contributed by atoms with Gasteiger partial charge in [-0.3, -0.25) is 9.13 Å². The predicted molar refractivity (Wildman–Crippen MR) is 267 cm³/mol. The minimum absolute atomic E-state index is 0.543. The molecule has 0 unspecified atom stereocenters. The van der Waals surface area contributed by atoms with Gasteiger partial charge in [0.25, 0.3) is 0 Å². The van der Waals surface area contributed by atoms with Gasteiger partial charge in [0.05, 0.1) is 44.4 Å². The fraction of sp³-hybridized carbons (Fsp3) is 0. The van der Waals surface area contributed by atoms with Gasteiger partial charge in [-0.2, -0.15) is 15.0 Å². The van der Waals surface area contributed by atoms with E-state index in [9.17, 15) is 0 Å². The molecule has 5 aromatic heterocycles. The van der Waals surface area contributed by atoms with Crippen molar-refractivity contribution in [1.82, 2.24) is 28.7 Å². The molecular weight excluding hydrogens is 801 g/mol. The summed E-state index contributed by atoms with van der Waals surface area (Å²) in [5.74, 6) is 1.66. The Kier molecular flexibility index (Phi) is 7.46. The molecule has 0 spiro atoms. The standard InChI is InChI=1S/C57H34N6S/c1-8-24-45-37(16-1)38-17-2-9-25-46(38)61(45)51-30-15-23-36(35-32-33-53-44(34-35)43-22-7-14-31-52(43)64-53)54(51)55-58-56(62-47-26-10-3-18-39(47)40-19-4-11-27-48(40)62)60-57(59-55)63-49-28-12-5-20-41(49)42-21-6-13-29-50(42)63/h1-34H. The third-order valence-electron chi connectivity index (χ3n) is 12.9. The molecule has 298 valence electrons. The first-order chi connectivity index (χ1) is 31.8. The van der Waals surface area contributed by atoms with E-state index < -0.39 is 0 Å². The van der Waals surface area contributed by atoms with E-state index in [1.54, 1.807) is 0 Å². The molecule has 14 aromatic rings. The summed E-state index contributed by atoms with van der Waals surface area (Å²) in [6.07, 6.45) is 0. The second-order valence-electron chi connectivity index (χ2n) is 16.4. The summed E-state index contributed by atoms with van der Waals surface area (Å²) in [5.41, 5.74) is 10.4. The maximum absolute atomic E-state index is 5.65. The lowest BCUT2D eigenvalue weighted by Gasteiger charge is -2.19. The highest BCUT2D eigenvalue weighted by molar-refractivity contribution is 7.25. The molecular formula is C57H34N6S. The molecule has 0 aliphatic heterocycles. The van der Waals surface area contributed by atoms with Crippen LogP contribution in [0.3, 0.4) is 0 Å². The van der Waals surface area contributed by atoms with Crippen LogP contribution < -0.4 is 0 Å². The van der Waals surface area contributed by atoms with Crippen LogP contribution in [-0.2, 0) is 0 Å². The summed E-state index contributed by atoms with van der Waals surface area (Å²) < 4.78 is 9.34. The summed E-state index contributed by atoms with van der Waals surface area (Å²) >= 11 is 1.83. The second-order valence-corrected chi connectivity index (χ2v) is 17.5. The Morgan fingerprint density at radius 2 is 0.719 bits per heavy atom. The fourth-order valence-corrected chi connectivity index (χ4v) is 11.3. The fourth-order valence-electron chi connectivity index (χ4n) is 10.2. The maximum Gasteiger partial charge on any atom is 0.240 e. The van der Waals surface area contributed by atoms with Crippen LogP contribution in [0.15, 0.2) is 206 Å². The molecule has 0 bridgehead atoms. The van der Waals surface area contributed by atoms with Crippen LogP contribution in [0.5, 0.6) is 0 Å². The average molecular weight is 835 g/mol. The zero-order chi connectivity index (χ0) is 41.9. The second kappa shape index (κ2) is 13.6. The number of thiophene rings is 1. The lowest BCUT2D eigenvalue weighted by molar-refractivity contribution is 0.892. The summed E-state index contributed by atoms with van der Waals surface area (Å²) in [4.78, 5) is 16.8. The van der Waals surface area contributed by atoms with E-state index in [1.165, 1.54) is 30.9 Å². The first kappa shape index (κ1) is 35.2. The molecule has 0 N–H and O–H groups in total. The SMILES string of the molecule is c1cc(-c2ccc3sc4ccccc4c3c2)c(-c2nc(-n3c4ccccc4c4ccccc43)nc(-n3c4ccccc4c4ccccc43)n2)c(-n2c3ccccc3c3ccccc32)c1. The van der Waals surface area contributed by atoms with Crippen molar-refractivity contribution in [2.75, 3.05) is 0 Å². The average Bonchev–Trinajstić information content (AvgIpc) is 4.10. The molecule has 5 heterocycles. The van der Waals surface area contributed by atoms with Crippen molar-refractivity contribution < 1.29 is 0 Å². The minimum Gasteiger partial charge on any atom is -0.308 e. The van der Waals surface area contributed by atoms with Crippen molar-refractivity contribution in [2.45, 2.75) is 0 Å². The number of hydrogen-bond donors (Lipinski definition) is 0. The summed E-state index contributed by atoms with van der Waals surface area (Å²) in [5, 5.41) is 9.43. The third kappa shape index (κ3) is 5.04. The number of fused-ring (bicyclic) bond motifs is 12. The Bertz CT molecular complexity index is 3930. The quantitative estimate of drug-likeness (QED) is 0.174. The van der Waals surface area contributed by atoms with Gasteiger partial charge in [-0.05, 0) is 71.8 Å². The van der Waals surface area contributed by atoms with Gasteiger partial charge in [0.1, 0.15) is 0 Å². The highest BCUT2D eigenvalue weighted by atomic mass is 32.1. The largest absolute Gasteiger partial charge is 0.308 e. The first-order valence-corrected chi connectivity index (χ1v) is 22.4. The Balaban J connectivity index is 1.15.